The van der Waals surface area contributed by atoms with Crippen LogP contribution >= 0.6 is 0 Å². The molecule has 1 heterocycles. The van der Waals surface area contributed by atoms with Gasteiger partial charge in [-0.1, -0.05) is 36.4 Å². The molecule has 0 spiro atoms. The van der Waals surface area contributed by atoms with Crippen molar-refractivity contribution in [1.82, 2.24) is 5.43 Å². The molecule has 0 fully saturated rings. The number of phenols is 1. The molecule has 1 aliphatic heterocycles. The van der Waals surface area contributed by atoms with Crippen molar-refractivity contribution in [2.75, 3.05) is 0 Å². The average Bonchev–Trinajstić information content (AvgIpc) is 2.48. The number of nitrogens with one attached hydrogen (secondary N) is 1. The molecule has 0 aliphatic carbocycles. The first kappa shape index (κ1) is 14.3. The molecule has 4 heteroatoms. The fraction of sp³-hybridized carbons (Fsp3) is 0.222. The Kier molecular flexibility index (Phi) is 3.67. The van der Waals surface area contributed by atoms with Gasteiger partial charge in [0.25, 0.3) is 0 Å². The molecular weight excluding hydrogens is 274 g/mol. The van der Waals surface area contributed by atoms with Gasteiger partial charge in [0.15, 0.2) is 0 Å². The van der Waals surface area contributed by atoms with Crippen molar-refractivity contribution in [3.05, 3.63) is 65.2 Å². The van der Waals surface area contributed by atoms with Gasteiger partial charge in [-0.15, -0.1) is 0 Å². The monoisotopic (exact) mass is 293 g/mol. The van der Waals surface area contributed by atoms with E-state index in [0.29, 0.717) is 5.56 Å². The van der Waals surface area contributed by atoms with Crippen molar-refractivity contribution in [2.24, 2.45) is 10.1 Å². The average molecular weight is 293 g/mol. The van der Waals surface area contributed by atoms with Gasteiger partial charge in [0.1, 0.15) is 11.6 Å². The number of hydrogen-bond donors (Lipinski definition) is 2. The summed E-state index contributed by atoms with van der Waals surface area (Å²) in [6, 6.07) is 15.3. The smallest absolute Gasteiger partial charge is 0.149 e. The summed E-state index contributed by atoms with van der Waals surface area (Å²) in [4.78, 5) is 4.74. The highest BCUT2D eigenvalue weighted by Crippen LogP contribution is 2.25. The molecule has 1 aliphatic rings. The highest BCUT2D eigenvalue weighted by atomic mass is 16.3. The molecule has 0 radical (unpaired) electrons. The number of hydrogen-bond acceptors (Lipinski definition) is 4. The second kappa shape index (κ2) is 5.64. The van der Waals surface area contributed by atoms with E-state index in [1.165, 1.54) is 5.56 Å². The summed E-state index contributed by atoms with van der Waals surface area (Å²) < 4.78 is 0. The van der Waals surface area contributed by atoms with E-state index in [2.05, 4.69) is 30.4 Å². The summed E-state index contributed by atoms with van der Waals surface area (Å²) in [5.74, 6) is 0.970. The van der Waals surface area contributed by atoms with E-state index in [-0.39, 0.29) is 11.3 Å². The molecule has 2 aromatic carbocycles. The number of rotatable bonds is 2. The molecule has 2 aromatic rings. The quantitative estimate of drug-likeness (QED) is 0.660. The van der Waals surface area contributed by atoms with E-state index in [0.717, 1.165) is 17.8 Å². The molecule has 0 bridgehead atoms. The zero-order valence-electron chi connectivity index (χ0n) is 12.7. The number of aromatic hydroxyl groups is 1. The molecular formula is C18H19N3O. The minimum Gasteiger partial charge on any atom is -0.507 e. The lowest BCUT2D eigenvalue weighted by molar-refractivity contribution is 0.474. The van der Waals surface area contributed by atoms with Crippen molar-refractivity contribution in [3.63, 3.8) is 0 Å². The summed E-state index contributed by atoms with van der Waals surface area (Å²) in [7, 11) is 0. The summed E-state index contributed by atoms with van der Waals surface area (Å²) in [6.45, 7) is 4.22. The van der Waals surface area contributed by atoms with Crippen LogP contribution in [0.25, 0.3) is 0 Å². The maximum Gasteiger partial charge on any atom is 0.149 e. The molecule has 0 saturated carbocycles. The minimum absolute atomic E-state index is 0.152. The fourth-order valence-corrected chi connectivity index (χ4v) is 2.62. The lowest BCUT2D eigenvalue weighted by atomic mass is 9.89. The third-order valence-corrected chi connectivity index (χ3v) is 3.62. The Hall–Kier alpha value is -2.62. The third-order valence-electron chi connectivity index (χ3n) is 3.62. The zero-order chi connectivity index (χ0) is 15.6. The summed E-state index contributed by atoms with van der Waals surface area (Å²) in [6.07, 6.45) is 2.51. The van der Waals surface area contributed by atoms with Gasteiger partial charge in [0.05, 0.1) is 11.8 Å². The largest absolute Gasteiger partial charge is 0.507 e. The van der Waals surface area contributed by atoms with Crippen LogP contribution in [0.3, 0.4) is 0 Å². The Morgan fingerprint density at radius 1 is 1.14 bits per heavy atom. The van der Waals surface area contributed by atoms with Gasteiger partial charge in [0, 0.05) is 11.1 Å². The summed E-state index contributed by atoms with van der Waals surface area (Å²) in [5.41, 5.74) is 5.88. The molecule has 0 saturated heterocycles. The normalized spacial score (nSPS) is 16.2. The van der Waals surface area contributed by atoms with Gasteiger partial charge in [-0.25, -0.2) is 0 Å². The van der Waals surface area contributed by atoms with Crippen LogP contribution in [0.1, 0.15) is 30.5 Å². The van der Waals surface area contributed by atoms with E-state index >= 15 is 0 Å². The van der Waals surface area contributed by atoms with E-state index in [1.807, 2.05) is 24.3 Å². The highest BCUT2D eigenvalue weighted by Gasteiger charge is 2.26. The Balaban J connectivity index is 1.85. The lowest BCUT2D eigenvalue weighted by Gasteiger charge is -2.28. The maximum absolute atomic E-state index is 9.74. The van der Waals surface area contributed by atoms with E-state index < -0.39 is 0 Å². The first-order chi connectivity index (χ1) is 10.6. The Morgan fingerprint density at radius 3 is 2.68 bits per heavy atom. The van der Waals surface area contributed by atoms with Crippen LogP contribution in [0.5, 0.6) is 5.75 Å². The molecule has 3 rings (SSSR count). The first-order valence-corrected chi connectivity index (χ1v) is 7.30. The molecule has 0 atom stereocenters. The topological polar surface area (TPSA) is 57.0 Å². The van der Waals surface area contributed by atoms with E-state index in [1.54, 1.807) is 24.4 Å². The fourth-order valence-electron chi connectivity index (χ4n) is 2.62. The third kappa shape index (κ3) is 3.01. The predicted octanol–water partition coefficient (Wildman–Crippen LogP) is 3.10. The molecule has 2 N–H and O–H groups in total. The Morgan fingerprint density at radius 2 is 1.86 bits per heavy atom. The van der Waals surface area contributed by atoms with Gasteiger partial charge in [0.2, 0.25) is 0 Å². The maximum atomic E-state index is 9.74. The van der Waals surface area contributed by atoms with Gasteiger partial charge in [-0.3, -0.25) is 10.4 Å². The summed E-state index contributed by atoms with van der Waals surface area (Å²) in [5, 5.41) is 14.0. The number of amidine groups is 1. The van der Waals surface area contributed by atoms with Crippen LogP contribution in [-0.2, 0) is 6.42 Å². The Bertz CT molecular complexity index is 748. The molecule has 22 heavy (non-hydrogen) atoms. The van der Waals surface area contributed by atoms with Crippen LogP contribution in [-0.4, -0.2) is 22.7 Å². The second-order valence-electron chi connectivity index (χ2n) is 6.04. The highest BCUT2D eigenvalue weighted by molar-refractivity contribution is 6.01. The molecule has 112 valence electrons. The number of nitrogens with zero attached hydrogens (tertiary/aromatic N) is 2. The standard InChI is InChI=1S/C18H19N3O/c1-18(2)11-13-7-3-5-9-15(13)17(20-18)21-19-12-14-8-4-6-10-16(14)22/h3-10,12,22H,11H2,1-2H3,(H,20,21). The number of hydrazone groups is 1. The van der Waals surface area contributed by atoms with Crippen molar-refractivity contribution in [1.29, 1.82) is 0 Å². The minimum atomic E-state index is -0.152. The summed E-state index contributed by atoms with van der Waals surface area (Å²) >= 11 is 0. The van der Waals surface area contributed by atoms with Crippen LogP contribution in [0.15, 0.2) is 58.6 Å². The first-order valence-electron chi connectivity index (χ1n) is 7.30. The number of aliphatic imine (C=N–C) groups is 1. The van der Waals surface area contributed by atoms with Gasteiger partial charge < -0.3 is 5.11 Å². The van der Waals surface area contributed by atoms with E-state index in [4.69, 9.17) is 4.99 Å². The Labute approximate surface area is 130 Å². The number of benzene rings is 2. The van der Waals surface area contributed by atoms with Gasteiger partial charge in [-0.2, -0.15) is 5.10 Å². The van der Waals surface area contributed by atoms with Crippen molar-refractivity contribution in [3.8, 4) is 5.75 Å². The lowest BCUT2D eigenvalue weighted by Crippen LogP contribution is -2.34. The van der Waals surface area contributed by atoms with Crippen LogP contribution < -0.4 is 5.43 Å². The van der Waals surface area contributed by atoms with Crippen molar-refractivity contribution >= 4 is 12.1 Å². The van der Waals surface area contributed by atoms with E-state index in [9.17, 15) is 5.11 Å². The predicted molar refractivity (Wildman–Crippen MR) is 89.6 cm³/mol. The zero-order valence-corrected chi connectivity index (χ0v) is 12.7. The van der Waals surface area contributed by atoms with Crippen LogP contribution in [0.2, 0.25) is 0 Å². The number of para-hydroxylation sites is 1. The number of fused-ring (bicyclic) bond motifs is 1. The molecule has 4 nitrogen and oxygen atoms in total. The molecule has 0 unspecified atom stereocenters. The van der Waals surface area contributed by atoms with Crippen LogP contribution in [0, 0.1) is 0 Å². The molecule has 0 amide bonds. The van der Waals surface area contributed by atoms with Crippen molar-refractivity contribution in [2.45, 2.75) is 25.8 Å². The van der Waals surface area contributed by atoms with Crippen LogP contribution in [0.4, 0.5) is 0 Å². The van der Waals surface area contributed by atoms with Gasteiger partial charge >= 0.3 is 0 Å². The SMILES string of the molecule is CC1(C)Cc2ccccc2C(NN=Cc2ccccc2O)=N1. The van der Waals surface area contributed by atoms with Crippen molar-refractivity contribution < 1.29 is 5.11 Å². The van der Waals surface area contributed by atoms with Gasteiger partial charge in [-0.05, 0) is 38.0 Å². The second-order valence-corrected chi connectivity index (χ2v) is 6.04. The molecule has 0 aromatic heterocycles. The number of phenolic OH excluding ortho intramolecular Hbond substituents is 1.